The van der Waals surface area contributed by atoms with Gasteiger partial charge in [0, 0.05) is 23.9 Å². The lowest BCUT2D eigenvalue weighted by molar-refractivity contribution is -0.177. The molecular weight excluding hydrogens is 651 g/mol. The van der Waals surface area contributed by atoms with Crippen molar-refractivity contribution in [2.45, 2.75) is 99.4 Å². The largest absolute Gasteiger partial charge is 0.472 e. The Kier molecular flexibility index (Phi) is 9.46. The first-order valence-corrected chi connectivity index (χ1v) is 18.0. The molecule has 0 spiro atoms. The first-order valence-electron chi connectivity index (χ1n) is 16.5. The number of fused-ring (bicyclic) bond motifs is 3. The molecule has 1 aromatic carbocycles. The maximum Gasteiger partial charge on any atom is 0.412 e. The van der Waals surface area contributed by atoms with Crippen LogP contribution in [0.5, 0.6) is 5.88 Å². The van der Waals surface area contributed by atoms with E-state index in [0.717, 1.165) is 41.5 Å². The van der Waals surface area contributed by atoms with E-state index >= 15 is 0 Å². The average molecular weight is 692 g/mol. The summed E-state index contributed by atoms with van der Waals surface area (Å²) in [4.78, 5) is 46.2. The number of alkyl halides is 3. The number of rotatable bonds is 6. The molecule has 1 unspecified atom stereocenters. The molecule has 1 saturated heterocycles. The van der Waals surface area contributed by atoms with Crippen molar-refractivity contribution in [3.8, 4) is 5.88 Å². The summed E-state index contributed by atoms with van der Waals surface area (Å²) in [5.41, 5.74) is -0.583. The van der Waals surface area contributed by atoms with Crippen molar-refractivity contribution in [2.75, 3.05) is 13.1 Å². The van der Waals surface area contributed by atoms with Gasteiger partial charge in [0.15, 0.2) is 6.04 Å². The van der Waals surface area contributed by atoms with Gasteiger partial charge in [0.05, 0.1) is 11.8 Å². The summed E-state index contributed by atoms with van der Waals surface area (Å²) in [5.74, 6) is -3.56. The standard InChI is InChI=1S/C33H40F3N5O6S/c1-2-22-18-32(22,31(44)40-48(45,46)24-11-12-24)39-28(42)26-17-23-19-41(26)30(43)27(33(34,35)36)37-14-7-5-3-4-6-8-20-9-10-21-13-15-38-29(47-23)25(21)16-20/h2,9-10,13,15-16,22-24,26-27,37H,1,3-8,11-12,14,17-19H2,(H,39,42)(H,40,44)/t22-,23-,26+,27?,32-/m1/s1. The highest BCUT2D eigenvalue weighted by Crippen LogP contribution is 2.45. The summed E-state index contributed by atoms with van der Waals surface area (Å²) >= 11 is 0. The lowest BCUT2D eigenvalue weighted by atomic mass is 10.0. The SMILES string of the molecule is C=C[C@@H]1C[C@]1(NC(=O)[C@@H]1C[C@@H]2CN1C(=O)C(C(F)(F)F)NCCCCCCCc1ccc3ccnc(c3c1)O2)C(=O)NS(=O)(=O)C1CC1. The molecule has 4 bridgehead atoms. The summed E-state index contributed by atoms with van der Waals surface area (Å²) < 4.78 is 76.4. The average Bonchev–Trinajstić information content (AvgIpc) is 3.96. The van der Waals surface area contributed by atoms with Crippen molar-refractivity contribution >= 4 is 38.5 Å². The third-order valence-corrected chi connectivity index (χ3v) is 11.6. The summed E-state index contributed by atoms with van der Waals surface area (Å²) in [6, 6.07) is 3.78. The van der Waals surface area contributed by atoms with Crippen LogP contribution in [0.3, 0.4) is 0 Å². The molecule has 1 aromatic heterocycles. The first-order chi connectivity index (χ1) is 22.8. The molecular formula is C33H40F3N5O6S. The number of carbonyl (C=O) groups is 3. The second kappa shape index (κ2) is 13.3. The number of nitrogens with zero attached hydrogens (tertiary/aromatic N) is 2. The quantitative estimate of drug-likeness (QED) is 0.392. The Morgan fingerprint density at radius 3 is 2.58 bits per heavy atom. The maximum atomic E-state index is 14.3. The first kappa shape index (κ1) is 34.2. The minimum atomic E-state index is -4.95. The molecule has 0 radical (unpaired) electrons. The molecule has 48 heavy (non-hydrogen) atoms. The number of hydrogen-bond donors (Lipinski definition) is 3. The zero-order valence-electron chi connectivity index (χ0n) is 26.4. The number of nitrogens with one attached hydrogen (secondary N) is 3. The Balaban J connectivity index is 1.30. The Bertz CT molecular complexity index is 1700. The van der Waals surface area contributed by atoms with Gasteiger partial charge in [-0.05, 0) is 68.2 Å². The van der Waals surface area contributed by atoms with Crippen LogP contribution in [0.4, 0.5) is 13.2 Å². The molecule has 3 amide bonds. The third-order valence-electron chi connectivity index (χ3n) is 9.73. The number of aromatic nitrogens is 1. The van der Waals surface area contributed by atoms with Gasteiger partial charge in [-0.1, -0.05) is 37.5 Å². The molecule has 260 valence electrons. The fourth-order valence-corrected chi connectivity index (χ4v) is 8.09. The Labute approximate surface area is 277 Å². The predicted octanol–water partition coefficient (Wildman–Crippen LogP) is 3.28. The second-order valence-electron chi connectivity index (χ2n) is 13.3. The lowest BCUT2D eigenvalue weighted by Gasteiger charge is -2.30. The molecule has 2 aromatic rings. The number of pyridine rings is 1. The summed E-state index contributed by atoms with van der Waals surface area (Å²) in [7, 11) is -3.95. The molecule has 11 nitrogen and oxygen atoms in total. The van der Waals surface area contributed by atoms with Crippen LogP contribution < -0.4 is 20.1 Å². The summed E-state index contributed by atoms with van der Waals surface area (Å²) in [6.45, 7) is 3.29. The number of carbonyl (C=O) groups excluding carboxylic acids is 3. The van der Waals surface area contributed by atoms with E-state index in [0.29, 0.717) is 31.1 Å². The number of hydrogen-bond acceptors (Lipinski definition) is 8. The Hall–Kier alpha value is -3.72. The topological polar surface area (TPSA) is 147 Å². The number of sulfonamides is 1. The lowest BCUT2D eigenvalue weighted by Crippen LogP contribution is -2.60. The molecule has 5 atom stereocenters. The van der Waals surface area contributed by atoms with Crippen LogP contribution in [-0.2, 0) is 30.8 Å². The minimum Gasteiger partial charge on any atom is -0.472 e. The number of halogens is 3. The molecule has 2 saturated carbocycles. The van der Waals surface area contributed by atoms with Crippen LogP contribution in [0.2, 0.25) is 0 Å². The van der Waals surface area contributed by atoms with Gasteiger partial charge in [0.25, 0.3) is 5.91 Å². The molecule has 2 aliphatic carbocycles. The van der Waals surface area contributed by atoms with Gasteiger partial charge in [-0.3, -0.25) is 24.4 Å². The number of ether oxygens (including phenoxy) is 1. The molecule has 3 fully saturated rings. The van der Waals surface area contributed by atoms with E-state index in [1.807, 2.05) is 24.3 Å². The van der Waals surface area contributed by atoms with Gasteiger partial charge in [0.2, 0.25) is 27.7 Å². The van der Waals surface area contributed by atoms with Gasteiger partial charge >= 0.3 is 6.18 Å². The van der Waals surface area contributed by atoms with Crippen molar-refractivity contribution < 1.29 is 40.7 Å². The number of aryl methyl sites for hydroxylation is 1. The molecule has 4 aliphatic rings. The molecule has 2 aliphatic heterocycles. The van der Waals surface area contributed by atoms with Gasteiger partial charge < -0.3 is 15.0 Å². The van der Waals surface area contributed by atoms with Crippen LogP contribution in [-0.4, -0.2) is 84.3 Å². The number of benzene rings is 1. The molecule has 3 heterocycles. The third kappa shape index (κ3) is 7.16. The van der Waals surface area contributed by atoms with Crippen molar-refractivity contribution in [1.82, 2.24) is 25.2 Å². The van der Waals surface area contributed by atoms with E-state index in [2.05, 4.69) is 26.9 Å². The van der Waals surface area contributed by atoms with E-state index in [9.17, 15) is 36.0 Å². The minimum absolute atomic E-state index is 0.0455. The van der Waals surface area contributed by atoms with Crippen molar-refractivity contribution in [1.29, 1.82) is 0 Å². The monoisotopic (exact) mass is 691 g/mol. The highest BCUT2D eigenvalue weighted by molar-refractivity contribution is 7.91. The Morgan fingerprint density at radius 1 is 1.12 bits per heavy atom. The summed E-state index contributed by atoms with van der Waals surface area (Å²) in [5, 5.41) is 5.82. The van der Waals surface area contributed by atoms with Crippen LogP contribution in [0.15, 0.2) is 43.1 Å². The van der Waals surface area contributed by atoms with E-state index in [1.54, 1.807) is 6.20 Å². The zero-order chi connectivity index (χ0) is 34.3. The van der Waals surface area contributed by atoms with Crippen LogP contribution in [0.25, 0.3) is 10.8 Å². The second-order valence-corrected chi connectivity index (χ2v) is 15.2. The normalized spacial score (nSPS) is 28.6. The summed E-state index contributed by atoms with van der Waals surface area (Å²) in [6.07, 6.45) is 2.37. The van der Waals surface area contributed by atoms with Crippen molar-refractivity contribution in [2.24, 2.45) is 5.92 Å². The number of amides is 3. The van der Waals surface area contributed by atoms with Crippen LogP contribution >= 0.6 is 0 Å². The highest BCUT2D eigenvalue weighted by Gasteiger charge is 2.62. The van der Waals surface area contributed by atoms with Crippen LogP contribution in [0, 0.1) is 5.92 Å². The van der Waals surface area contributed by atoms with E-state index in [1.165, 1.54) is 6.08 Å². The van der Waals surface area contributed by atoms with Gasteiger partial charge in [-0.15, -0.1) is 6.58 Å². The maximum absolute atomic E-state index is 14.3. The molecule has 3 N–H and O–H groups in total. The molecule has 6 rings (SSSR count). The highest BCUT2D eigenvalue weighted by atomic mass is 32.2. The Morgan fingerprint density at radius 2 is 1.88 bits per heavy atom. The fraction of sp³-hybridized carbons (Fsp3) is 0.576. The van der Waals surface area contributed by atoms with E-state index < -0.39 is 68.8 Å². The van der Waals surface area contributed by atoms with E-state index in [4.69, 9.17) is 4.74 Å². The van der Waals surface area contributed by atoms with Gasteiger partial charge in [0.1, 0.15) is 17.7 Å². The van der Waals surface area contributed by atoms with Gasteiger partial charge in [-0.25, -0.2) is 13.4 Å². The van der Waals surface area contributed by atoms with Gasteiger partial charge in [-0.2, -0.15) is 13.2 Å². The zero-order valence-corrected chi connectivity index (χ0v) is 27.2. The fourth-order valence-electron chi connectivity index (χ4n) is 6.73. The van der Waals surface area contributed by atoms with E-state index in [-0.39, 0.29) is 31.8 Å². The molecule has 15 heteroatoms. The predicted molar refractivity (Wildman–Crippen MR) is 170 cm³/mol. The van der Waals surface area contributed by atoms with Crippen molar-refractivity contribution in [3.05, 3.63) is 48.7 Å². The smallest absolute Gasteiger partial charge is 0.412 e. The van der Waals surface area contributed by atoms with Crippen molar-refractivity contribution in [3.63, 3.8) is 0 Å². The van der Waals surface area contributed by atoms with Crippen LogP contribution in [0.1, 0.15) is 63.4 Å².